The third kappa shape index (κ3) is 4.13. The SMILES string of the molecule is COc1c(Br)cc(CNC2CCC(SC)C2)cc1Br. The van der Waals surface area contributed by atoms with Crippen molar-refractivity contribution in [3.63, 3.8) is 0 Å². The molecule has 0 aliphatic heterocycles. The number of methoxy groups -OCH3 is 1. The van der Waals surface area contributed by atoms with Crippen molar-refractivity contribution in [2.45, 2.75) is 37.1 Å². The minimum absolute atomic E-state index is 0.664. The second kappa shape index (κ2) is 7.34. The van der Waals surface area contributed by atoms with Crippen LogP contribution in [0.25, 0.3) is 0 Å². The van der Waals surface area contributed by atoms with Gasteiger partial charge in [0.15, 0.2) is 0 Å². The first kappa shape index (κ1) is 15.7. The summed E-state index contributed by atoms with van der Waals surface area (Å²) in [5.74, 6) is 0.854. The fraction of sp³-hybridized carbons (Fsp3) is 0.571. The van der Waals surface area contributed by atoms with E-state index in [0.29, 0.717) is 6.04 Å². The Morgan fingerprint density at radius 1 is 1.32 bits per heavy atom. The van der Waals surface area contributed by atoms with Gasteiger partial charge in [0, 0.05) is 17.8 Å². The molecule has 1 fully saturated rings. The summed E-state index contributed by atoms with van der Waals surface area (Å²) in [5, 5.41) is 4.50. The van der Waals surface area contributed by atoms with Crippen LogP contribution >= 0.6 is 43.6 Å². The molecule has 2 unspecified atom stereocenters. The number of rotatable bonds is 5. The van der Waals surface area contributed by atoms with Crippen molar-refractivity contribution < 1.29 is 4.74 Å². The van der Waals surface area contributed by atoms with E-state index in [1.807, 2.05) is 11.8 Å². The summed E-state index contributed by atoms with van der Waals surface area (Å²) in [5.41, 5.74) is 1.27. The van der Waals surface area contributed by atoms with Crippen LogP contribution in [0, 0.1) is 0 Å². The monoisotopic (exact) mass is 407 g/mol. The molecule has 2 atom stereocenters. The second-order valence-corrected chi connectivity index (χ2v) is 7.69. The lowest BCUT2D eigenvalue weighted by Crippen LogP contribution is -2.26. The first-order chi connectivity index (χ1) is 9.13. The van der Waals surface area contributed by atoms with E-state index < -0.39 is 0 Å². The Morgan fingerprint density at radius 3 is 2.53 bits per heavy atom. The zero-order chi connectivity index (χ0) is 13.8. The first-order valence-electron chi connectivity index (χ1n) is 6.42. The standard InChI is InChI=1S/C14H19Br2NOS/c1-18-14-12(15)5-9(6-13(14)16)8-17-10-3-4-11(7-10)19-2/h5-6,10-11,17H,3-4,7-8H2,1-2H3. The number of thioether (sulfide) groups is 1. The van der Waals surface area contributed by atoms with Crippen molar-refractivity contribution in [2.75, 3.05) is 13.4 Å². The van der Waals surface area contributed by atoms with Gasteiger partial charge in [0.2, 0.25) is 0 Å². The Kier molecular flexibility index (Phi) is 6.06. The Hall–Kier alpha value is 0.290. The molecule has 1 N–H and O–H groups in total. The van der Waals surface area contributed by atoms with Gasteiger partial charge in [-0.3, -0.25) is 0 Å². The van der Waals surface area contributed by atoms with Gasteiger partial charge in [-0.2, -0.15) is 11.8 Å². The predicted molar refractivity (Wildman–Crippen MR) is 90.2 cm³/mol. The van der Waals surface area contributed by atoms with Crippen molar-refractivity contribution in [2.24, 2.45) is 0 Å². The van der Waals surface area contributed by atoms with Crippen LogP contribution in [-0.2, 0) is 6.54 Å². The second-order valence-electron chi connectivity index (χ2n) is 4.84. The molecule has 106 valence electrons. The van der Waals surface area contributed by atoms with Crippen LogP contribution in [0.5, 0.6) is 5.75 Å². The van der Waals surface area contributed by atoms with E-state index in [9.17, 15) is 0 Å². The number of halogens is 2. The van der Waals surface area contributed by atoms with E-state index in [1.54, 1.807) is 7.11 Å². The van der Waals surface area contributed by atoms with E-state index in [2.05, 4.69) is 55.6 Å². The summed E-state index contributed by atoms with van der Waals surface area (Å²) < 4.78 is 7.31. The summed E-state index contributed by atoms with van der Waals surface area (Å²) in [6, 6.07) is 4.91. The van der Waals surface area contributed by atoms with Crippen molar-refractivity contribution >= 4 is 43.6 Å². The molecule has 0 bridgehead atoms. The number of hydrogen-bond acceptors (Lipinski definition) is 3. The maximum Gasteiger partial charge on any atom is 0.147 e. The predicted octanol–water partition coefficient (Wildman–Crippen LogP) is 4.59. The molecular formula is C14H19Br2NOS. The Bertz CT molecular complexity index is 418. The highest BCUT2D eigenvalue weighted by Crippen LogP contribution is 2.34. The largest absolute Gasteiger partial charge is 0.494 e. The van der Waals surface area contributed by atoms with Crippen molar-refractivity contribution in [1.82, 2.24) is 5.32 Å². The Labute approximate surface area is 136 Å². The van der Waals surface area contributed by atoms with Gasteiger partial charge in [0.05, 0.1) is 16.1 Å². The third-order valence-corrected chi connectivity index (χ3v) is 5.85. The van der Waals surface area contributed by atoms with Gasteiger partial charge >= 0.3 is 0 Å². The van der Waals surface area contributed by atoms with Gasteiger partial charge in [-0.15, -0.1) is 0 Å². The summed E-state index contributed by atoms with van der Waals surface area (Å²) in [6.07, 6.45) is 6.14. The fourth-order valence-electron chi connectivity index (χ4n) is 2.51. The summed E-state index contributed by atoms with van der Waals surface area (Å²) in [7, 11) is 1.68. The molecule has 0 spiro atoms. The molecule has 2 rings (SSSR count). The van der Waals surface area contributed by atoms with Gasteiger partial charge in [0.1, 0.15) is 5.75 Å². The van der Waals surface area contributed by atoms with Crippen LogP contribution in [0.4, 0.5) is 0 Å². The van der Waals surface area contributed by atoms with E-state index in [0.717, 1.165) is 26.5 Å². The normalized spacial score (nSPS) is 22.7. The molecule has 2 nitrogen and oxygen atoms in total. The lowest BCUT2D eigenvalue weighted by molar-refractivity contribution is 0.409. The highest BCUT2D eigenvalue weighted by atomic mass is 79.9. The molecule has 0 radical (unpaired) electrons. The topological polar surface area (TPSA) is 21.3 Å². The quantitative estimate of drug-likeness (QED) is 0.769. The lowest BCUT2D eigenvalue weighted by Gasteiger charge is -2.14. The van der Waals surface area contributed by atoms with Crippen LogP contribution in [-0.4, -0.2) is 24.7 Å². The molecule has 1 aliphatic rings. The summed E-state index contributed by atoms with van der Waals surface area (Å²) >= 11 is 9.09. The molecule has 1 aromatic carbocycles. The molecule has 19 heavy (non-hydrogen) atoms. The van der Waals surface area contributed by atoms with Gasteiger partial charge in [0.25, 0.3) is 0 Å². The molecule has 1 saturated carbocycles. The summed E-state index contributed by atoms with van der Waals surface area (Å²) in [6.45, 7) is 0.910. The van der Waals surface area contributed by atoms with Gasteiger partial charge in [-0.1, -0.05) is 0 Å². The minimum Gasteiger partial charge on any atom is -0.494 e. The highest BCUT2D eigenvalue weighted by Gasteiger charge is 2.23. The van der Waals surface area contributed by atoms with Crippen LogP contribution in [0.2, 0.25) is 0 Å². The van der Waals surface area contributed by atoms with Crippen LogP contribution in [0.15, 0.2) is 21.1 Å². The molecule has 1 aliphatic carbocycles. The van der Waals surface area contributed by atoms with E-state index in [4.69, 9.17) is 4.74 Å². The number of benzene rings is 1. The fourth-order valence-corrected chi connectivity index (χ4v) is 4.91. The van der Waals surface area contributed by atoms with Crippen molar-refractivity contribution in [1.29, 1.82) is 0 Å². The molecule has 0 saturated heterocycles. The van der Waals surface area contributed by atoms with Crippen LogP contribution < -0.4 is 10.1 Å². The van der Waals surface area contributed by atoms with Crippen molar-refractivity contribution in [3.05, 3.63) is 26.6 Å². The number of ether oxygens (including phenoxy) is 1. The Morgan fingerprint density at radius 2 is 2.00 bits per heavy atom. The highest BCUT2D eigenvalue weighted by molar-refractivity contribution is 9.11. The average molecular weight is 409 g/mol. The molecule has 5 heteroatoms. The zero-order valence-electron chi connectivity index (χ0n) is 11.2. The minimum atomic E-state index is 0.664. The smallest absolute Gasteiger partial charge is 0.147 e. The summed E-state index contributed by atoms with van der Waals surface area (Å²) in [4.78, 5) is 0. The van der Waals surface area contributed by atoms with Gasteiger partial charge in [-0.05, 0) is 75.1 Å². The number of nitrogens with one attached hydrogen (secondary N) is 1. The van der Waals surface area contributed by atoms with Crippen molar-refractivity contribution in [3.8, 4) is 5.75 Å². The van der Waals surface area contributed by atoms with E-state index in [1.165, 1.54) is 24.8 Å². The average Bonchev–Trinajstić information content (AvgIpc) is 2.84. The van der Waals surface area contributed by atoms with Gasteiger partial charge < -0.3 is 10.1 Å². The van der Waals surface area contributed by atoms with E-state index in [-0.39, 0.29) is 0 Å². The maximum atomic E-state index is 5.32. The van der Waals surface area contributed by atoms with Crippen LogP contribution in [0.1, 0.15) is 24.8 Å². The molecular weight excluding hydrogens is 390 g/mol. The van der Waals surface area contributed by atoms with Gasteiger partial charge in [-0.25, -0.2) is 0 Å². The lowest BCUT2D eigenvalue weighted by atomic mass is 10.2. The molecule has 0 heterocycles. The van der Waals surface area contributed by atoms with E-state index >= 15 is 0 Å². The third-order valence-electron chi connectivity index (χ3n) is 3.57. The Balaban J connectivity index is 1.93. The maximum absolute atomic E-state index is 5.32. The molecule has 0 amide bonds. The zero-order valence-corrected chi connectivity index (χ0v) is 15.2. The molecule has 1 aromatic rings. The number of hydrogen-bond donors (Lipinski definition) is 1. The molecule has 0 aromatic heterocycles. The van der Waals surface area contributed by atoms with Crippen LogP contribution in [0.3, 0.4) is 0 Å². The first-order valence-corrected chi connectivity index (χ1v) is 9.29.